The Hall–Kier alpha value is -0.390. The number of rotatable bonds is 3. The molecular formula is C8H16F5N. The fourth-order valence-electron chi connectivity index (χ4n) is 0.506. The molecule has 0 spiro atoms. The molecule has 0 atom stereocenters. The third-order valence-electron chi connectivity index (χ3n) is 1.29. The van der Waals surface area contributed by atoms with Gasteiger partial charge in [-0.3, -0.25) is 0 Å². The molecule has 0 aliphatic rings. The second-order valence-corrected chi connectivity index (χ2v) is 2.76. The Morgan fingerprint density at radius 1 is 0.929 bits per heavy atom. The Bertz CT molecular complexity index is 141. The van der Waals surface area contributed by atoms with Crippen LogP contribution >= 0.6 is 0 Å². The molecular weight excluding hydrogens is 205 g/mol. The van der Waals surface area contributed by atoms with Gasteiger partial charge < -0.3 is 4.90 Å². The maximum atomic E-state index is 12.1. The van der Waals surface area contributed by atoms with Gasteiger partial charge in [-0.25, -0.2) is 0 Å². The summed E-state index contributed by atoms with van der Waals surface area (Å²) in [5.41, 5.74) is 0. The van der Waals surface area contributed by atoms with Crippen molar-refractivity contribution in [3.05, 3.63) is 0 Å². The number of hydrogen-bond acceptors (Lipinski definition) is 1. The van der Waals surface area contributed by atoms with E-state index in [1.54, 1.807) is 0 Å². The molecule has 14 heavy (non-hydrogen) atoms. The first kappa shape index (κ1) is 16.1. The summed E-state index contributed by atoms with van der Waals surface area (Å²) < 4.78 is 58.8. The van der Waals surface area contributed by atoms with Gasteiger partial charge in [0.25, 0.3) is 0 Å². The van der Waals surface area contributed by atoms with Gasteiger partial charge in [-0.1, -0.05) is 13.8 Å². The molecule has 88 valence electrons. The third kappa shape index (κ3) is 6.12. The highest BCUT2D eigenvalue weighted by atomic mass is 19.4. The van der Waals surface area contributed by atoms with Gasteiger partial charge in [0, 0.05) is 13.0 Å². The van der Waals surface area contributed by atoms with Crippen LogP contribution in [0.5, 0.6) is 0 Å². The van der Waals surface area contributed by atoms with Crippen LogP contribution in [0.2, 0.25) is 0 Å². The Morgan fingerprint density at radius 2 is 1.29 bits per heavy atom. The van der Waals surface area contributed by atoms with Gasteiger partial charge in [0.2, 0.25) is 0 Å². The van der Waals surface area contributed by atoms with Gasteiger partial charge in [-0.15, -0.1) is 0 Å². The quantitative estimate of drug-likeness (QED) is 0.662. The fraction of sp³-hybridized carbons (Fsp3) is 1.00. The zero-order valence-corrected chi connectivity index (χ0v) is 8.75. The molecule has 0 saturated heterocycles. The summed E-state index contributed by atoms with van der Waals surface area (Å²) in [5.74, 6) is -4.57. The van der Waals surface area contributed by atoms with E-state index < -0.39 is 18.5 Å². The molecule has 0 aliphatic carbocycles. The Labute approximate surface area is 80.9 Å². The lowest BCUT2D eigenvalue weighted by atomic mass is 10.2. The van der Waals surface area contributed by atoms with Crippen molar-refractivity contribution in [1.82, 2.24) is 4.90 Å². The number of alkyl halides is 5. The van der Waals surface area contributed by atoms with Gasteiger partial charge >= 0.3 is 12.1 Å². The summed E-state index contributed by atoms with van der Waals surface area (Å²) in [6.45, 7) is 3.71. The topological polar surface area (TPSA) is 3.24 Å². The number of halogens is 5. The molecule has 0 amide bonds. The smallest absolute Gasteiger partial charge is 0.309 e. The van der Waals surface area contributed by atoms with Crippen LogP contribution in [0.3, 0.4) is 0 Å². The summed E-state index contributed by atoms with van der Waals surface area (Å²) in [4.78, 5) is 1.28. The largest absolute Gasteiger partial charge is 0.453 e. The van der Waals surface area contributed by atoms with Gasteiger partial charge in [0.1, 0.15) is 0 Å². The van der Waals surface area contributed by atoms with Gasteiger partial charge in [0.05, 0.1) is 0 Å². The van der Waals surface area contributed by atoms with Crippen LogP contribution in [0, 0.1) is 0 Å². The Morgan fingerprint density at radius 3 is 1.50 bits per heavy atom. The average molecular weight is 221 g/mol. The third-order valence-corrected chi connectivity index (χ3v) is 1.29. The minimum absolute atomic E-state index is 0.285. The van der Waals surface area contributed by atoms with Crippen molar-refractivity contribution >= 4 is 0 Å². The van der Waals surface area contributed by atoms with E-state index in [-0.39, 0.29) is 6.54 Å². The van der Waals surface area contributed by atoms with Crippen molar-refractivity contribution in [1.29, 1.82) is 0 Å². The molecule has 1 nitrogen and oxygen atoms in total. The number of nitrogens with zero attached hydrogens (tertiary/aromatic N) is 1. The molecule has 0 aromatic heterocycles. The van der Waals surface area contributed by atoms with Crippen LogP contribution in [-0.4, -0.2) is 37.6 Å². The molecule has 0 rings (SSSR count). The monoisotopic (exact) mass is 221 g/mol. The zero-order chi connectivity index (χ0) is 12.0. The highest BCUT2D eigenvalue weighted by Crippen LogP contribution is 2.37. The highest BCUT2D eigenvalue weighted by molar-refractivity contribution is 4.76. The Kier molecular flexibility index (Phi) is 7.07. The maximum Gasteiger partial charge on any atom is 0.453 e. The van der Waals surface area contributed by atoms with Crippen molar-refractivity contribution in [3.63, 3.8) is 0 Å². The van der Waals surface area contributed by atoms with Crippen molar-refractivity contribution in [2.45, 2.75) is 32.4 Å². The molecule has 6 heteroatoms. The number of hydrogen-bond donors (Lipinski definition) is 0. The minimum atomic E-state index is -5.43. The first-order chi connectivity index (χ1) is 6.17. The van der Waals surface area contributed by atoms with Crippen LogP contribution < -0.4 is 0 Å². The summed E-state index contributed by atoms with van der Waals surface area (Å²) in [6, 6.07) is 0. The SMILES string of the molecule is CC.CN(C)CCC(F)(F)C(F)(F)F. The van der Waals surface area contributed by atoms with E-state index in [1.807, 2.05) is 13.8 Å². The lowest BCUT2D eigenvalue weighted by Gasteiger charge is -2.21. The fourth-order valence-corrected chi connectivity index (χ4v) is 0.506. The first-order valence-corrected chi connectivity index (χ1v) is 4.26. The molecule has 0 N–H and O–H groups in total. The van der Waals surface area contributed by atoms with Crippen LogP contribution in [0.15, 0.2) is 0 Å². The molecule has 0 aromatic carbocycles. The van der Waals surface area contributed by atoms with Crippen LogP contribution in [0.1, 0.15) is 20.3 Å². The van der Waals surface area contributed by atoms with E-state index in [2.05, 4.69) is 0 Å². The van der Waals surface area contributed by atoms with Crippen LogP contribution in [-0.2, 0) is 0 Å². The maximum absolute atomic E-state index is 12.1. The van der Waals surface area contributed by atoms with Crippen molar-refractivity contribution in [2.24, 2.45) is 0 Å². The lowest BCUT2D eigenvalue weighted by Crippen LogP contribution is -2.38. The van der Waals surface area contributed by atoms with Crippen LogP contribution in [0.4, 0.5) is 22.0 Å². The minimum Gasteiger partial charge on any atom is -0.309 e. The van der Waals surface area contributed by atoms with Crippen molar-refractivity contribution < 1.29 is 22.0 Å². The van der Waals surface area contributed by atoms with Crippen LogP contribution in [0.25, 0.3) is 0 Å². The normalized spacial score (nSPS) is 12.4. The highest BCUT2D eigenvalue weighted by Gasteiger charge is 2.56. The van der Waals surface area contributed by atoms with E-state index in [1.165, 1.54) is 19.0 Å². The summed E-state index contributed by atoms with van der Waals surface area (Å²) >= 11 is 0. The van der Waals surface area contributed by atoms with E-state index in [0.29, 0.717) is 0 Å². The molecule has 0 radical (unpaired) electrons. The predicted octanol–water partition coefficient (Wildman–Crippen LogP) is 3.16. The molecule has 0 aromatic rings. The second kappa shape index (κ2) is 6.16. The van der Waals surface area contributed by atoms with E-state index >= 15 is 0 Å². The molecule has 0 saturated carbocycles. The van der Waals surface area contributed by atoms with Gasteiger partial charge in [-0.2, -0.15) is 22.0 Å². The first-order valence-electron chi connectivity index (χ1n) is 4.26. The van der Waals surface area contributed by atoms with Gasteiger partial charge in [-0.05, 0) is 14.1 Å². The summed E-state index contributed by atoms with van der Waals surface area (Å²) in [6.07, 6.45) is -6.62. The van der Waals surface area contributed by atoms with Crippen molar-refractivity contribution in [2.75, 3.05) is 20.6 Å². The second-order valence-electron chi connectivity index (χ2n) is 2.76. The molecule has 0 heterocycles. The standard InChI is InChI=1S/C6H10F5N.C2H6/c1-12(2)4-3-5(7,8)6(9,10)11;1-2/h3-4H2,1-2H3;1-2H3. The molecule has 0 bridgehead atoms. The zero-order valence-electron chi connectivity index (χ0n) is 8.75. The van der Waals surface area contributed by atoms with Crippen molar-refractivity contribution in [3.8, 4) is 0 Å². The average Bonchev–Trinajstić information content (AvgIpc) is 2.03. The Balaban J connectivity index is 0. The predicted molar refractivity (Wildman–Crippen MR) is 45.5 cm³/mol. The van der Waals surface area contributed by atoms with Gasteiger partial charge in [0.15, 0.2) is 0 Å². The van der Waals surface area contributed by atoms with E-state index in [0.717, 1.165) is 0 Å². The molecule has 0 unspecified atom stereocenters. The van der Waals surface area contributed by atoms with E-state index in [4.69, 9.17) is 0 Å². The summed E-state index contributed by atoms with van der Waals surface area (Å²) in [7, 11) is 2.87. The lowest BCUT2D eigenvalue weighted by molar-refractivity contribution is -0.284. The summed E-state index contributed by atoms with van der Waals surface area (Å²) in [5, 5.41) is 0. The molecule has 0 fully saturated rings. The van der Waals surface area contributed by atoms with E-state index in [9.17, 15) is 22.0 Å². The molecule has 0 aliphatic heterocycles.